The van der Waals surface area contributed by atoms with E-state index in [9.17, 15) is 13.8 Å². The van der Waals surface area contributed by atoms with Crippen LogP contribution in [0.1, 0.15) is 17.3 Å². The third kappa shape index (κ3) is 5.37. The molecule has 0 saturated carbocycles. The van der Waals surface area contributed by atoms with E-state index in [0.29, 0.717) is 16.4 Å². The molecule has 0 aliphatic rings. The number of anilines is 1. The number of nitrogens with one attached hydrogen (secondary N) is 1. The molecule has 0 aliphatic heterocycles. The van der Waals surface area contributed by atoms with Crippen molar-refractivity contribution >= 4 is 28.4 Å². The predicted molar refractivity (Wildman–Crippen MR) is 117 cm³/mol. The second-order valence-corrected chi connectivity index (χ2v) is 7.89. The Morgan fingerprint density at radius 2 is 1.77 bits per heavy atom. The monoisotopic (exact) mass is 441 g/mol. The second-order valence-electron chi connectivity index (χ2n) is 6.55. The summed E-state index contributed by atoms with van der Waals surface area (Å²) in [7, 11) is 1.72. The minimum Gasteiger partial charge on any atom is -0.497 e. The van der Waals surface area contributed by atoms with Crippen LogP contribution in [-0.4, -0.2) is 45.1 Å². The maximum Gasteiger partial charge on any atom is 0.338 e. The van der Waals surface area contributed by atoms with Gasteiger partial charge in [0.15, 0.2) is 5.16 Å². The van der Waals surface area contributed by atoms with E-state index in [-0.39, 0.29) is 12.4 Å². The van der Waals surface area contributed by atoms with E-state index >= 15 is 0 Å². The average molecular weight is 442 g/mol. The Bertz CT molecular complexity index is 1090. The summed E-state index contributed by atoms with van der Waals surface area (Å²) in [6, 6.07) is 13.7. The lowest BCUT2D eigenvalue weighted by Gasteiger charge is -2.08. The predicted octanol–water partition coefficient (Wildman–Crippen LogP) is 3.02. The Labute approximate surface area is 182 Å². The molecule has 9 heteroatoms. The molecule has 1 heterocycles. The Hall–Kier alpha value is -3.46. The number of carbonyl (C=O) groups is 2. The summed E-state index contributed by atoms with van der Waals surface area (Å²) in [4.78, 5) is 28.3. The molecule has 1 N–H and O–H groups in total. The van der Waals surface area contributed by atoms with Crippen LogP contribution in [0.5, 0.6) is 5.75 Å². The first kappa shape index (κ1) is 22.2. The minimum absolute atomic E-state index is 0.244. The number of esters is 1. The molecule has 1 atom stereocenters. The number of ether oxygens (including phenoxy) is 2. The van der Waals surface area contributed by atoms with Gasteiger partial charge in [0.25, 0.3) is 0 Å². The first-order chi connectivity index (χ1) is 14.9. The van der Waals surface area contributed by atoms with E-state index in [1.165, 1.54) is 0 Å². The zero-order chi connectivity index (χ0) is 22.4. The number of amides is 1. The van der Waals surface area contributed by atoms with Gasteiger partial charge in [0.2, 0.25) is 5.91 Å². The molecule has 0 aliphatic carbocycles. The third-order valence-corrected chi connectivity index (χ3v) is 5.79. The van der Waals surface area contributed by atoms with Crippen LogP contribution in [0, 0.1) is 0 Å². The molecule has 0 saturated heterocycles. The fraction of sp³-hybridized carbons (Fsp3) is 0.227. The van der Waals surface area contributed by atoms with Crippen LogP contribution in [0.3, 0.4) is 0 Å². The molecule has 1 unspecified atom stereocenters. The molecule has 0 spiro atoms. The summed E-state index contributed by atoms with van der Waals surface area (Å²) in [5.74, 6) is -0.353. The number of hydrogen-bond acceptors (Lipinski definition) is 6. The highest BCUT2D eigenvalue weighted by Gasteiger charge is 2.18. The van der Waals surface area contributed by atoms with Crippen LogP contribution in [-0.2, 0) is 27.4 Å². The van der Waals surface area contributed by atoms with Gasteiger partial charge in [0.1, 0.15) is 11.5 Å². The van der Waals surface area contributed by atoms with Crippen molar-refractivity contribution in [2.24, 2.45) is 7.05 Å². The fourth-order valence-corrected chi connectivity index (χ4v) is 3.93. The van der Waals surface area contributed by atoms with Crippen molar-refractivity contribution in [3.05, 3.63) is 60.3 Å². The number of hydrogen-bond donors (Lipinski definition) is 1. The summed E-state index contributed by atoms with van der Waals surface area (Å²) in [6.45, 7) is 2.02. The molecule has 0 bridgehead atoms. The van der Waals surface area contributed by atoms with Crippen LogP contribution in [0.4, 0.5) is 5.69 Å². The number of imidazole rings is 1. The number of rotatable bonds is 8. The lowest BCUT2D eigenvalue weighted by atomic mass is 10.1. The summed E-state index contributed by atoms with van der Waals surface area (Å²) in [6.07, 6.45) is 1.63. The van der Waals surface area contributed by atoms with Gasteiger partial charge >= 0.3 is 5.97 Å². The van der Waals surface area contributed by atoms with Crippen LogP contribution in [0.25, 0.3) is 11.3 Å². The Kier molecular flexibility index (Phi) is 7.19. The van der Waals surface area contributed by atoms with E-state index in [2.05, 4.69) is 10.3 Å². The first-order valence-corrected chi connectivity index (χ1v) is 10.9. The molecule has 0 radical (unpaired) electrons. The van der Waals surface area contributed by atoms with E-state index in [4.69, 9.17) is 9.47 Å². The SMILES string of the molecule is CCOC(=O)c1ccc(NC(=O)CS(=O)c2ncc(-c3ccc(OC)cc3)n2C)cc1. The molecule has 2 aromatic carbocycles. The number of nitrogens with zero attached hydrogens (tertiary/aromatic N) is 2. The largest absolute Gasteiger partial charge is 0.497 e. The van der Waals surface area contributed by atoms with Gasteiger partial charge in [0, 0.05) is 18.3 Å². The topological polar surface area (TPSA) is 99.5 Å². The summed E-state index contributed by atoms with van der Waals surface area (Å²) in [5, 5.41) is 2.98. The number of methoxy groups -OCH3 is 1. The summed E-state index contributed by atoms with van der Waals surface area (Å²) >= 11 is 0. The van der Waals surface area contributed by atoms with Crippen molar-refractivity contribution in [3.8, 4) is 17.0 Å². The van der Waals surface area contributed by atoms with Crippen LogP contribution >= 0.6 is 0 Å². The lowest BCUT2D eigenvalue weighted by Crippen LogP contribution is -2.21. The number of aromatic nitrogens is 2. The van der Waals surface area contributed by atoms with E-state index in [0.717, 1.165) is 17.0 Å². The molecule has 1 aromatic heterocycles. The van der Waals surface area contributed by atoms with Crippen LogP contribution < -0.4 is 10.1 Å². The van der Waals surface area contributed by atoms with Crippen molar-refractivity contribution in [3.63, 3.8) is 0 Å². The molecule has 0 fully saturated rings. The summed E-state index contributed by atoms with van der Waals surface area (Å²) in [5.41, 5.74) is 2.56. The molecule has 162 valence electrons. The highest BCUT2D eigenvalue weighted by atomic mass is 32.2. The third-order valence-electron chi connectivity index (χ3n) is 4.48. The fourth-order valence-electron chi connectivity index (χ4n) is 2.92. The molecule has 3 aromatic rings. The van der Waals surface area contributed by atoms with E-state index < -0.39 is 22.7 Å². The van der Waals surface area contributed by atoms with Crippen molar-refractivity contribution in [1.82, 2.24) is 9.55 Å². The molecule has 8 nitrogen and oxygen atoms in total. The quantitative estimate of drug-likeness (QED) is 0.540. The zero-order valence-electron chi connectivity index (χ0n) is 17.5. The first-order valence-electron chi connectivity index (χ1n) is 9.54. The molecule has 31 heavy (non-hydrogen) atoms. The normalized spacial score (nSPS) is 11.6. The van der Waals surface area contributed by atoms with Crippen molar-refractivity contribution in [2.45, 2.75) is 12.1 Å². The number of benzene rings is 2. The van der Waals surface area contributed by atoms with Gasteiger partial charge < -0.3 is 19.4 Å². The van der Waals surface area contributed by atoms with Gasteiger partial charge in [-0.25, -0.2) is 9.78 Å². The van der Waals surface area contributed by atoms with Gasteiger partial charge in [0.05, 0.1) is 42.0 Å². The van der Waals surface area contributed by atoms with Gasteiger partial charge in [-0.1, -0.05) is 0 Å². The highest BCUT2D eigenvalue weighted by Crippen LogP contribution is 2.23. The highest BCUT2D eigenvalue weighted by molar-refractivity contribution is 7.85. The molecule has 1 amide bonds. The zero-order valence-corrected chi connectivity index (χ0v) is 18.3. The Morgan fingerprint density at radius 1 is 1.10 bits per heavy atom. The maximum absolute atomic E-state index is 12.7. The molecular formula is C22H23N3O5S. The van der Waals surface area contributed by atoms with Gasteiger partial charge in [-0.2, -0.15) is 0 Å². The van der Waals surface area contributed by atoms with Crippen LogP contribution in [0.2, 0.25) is 0 Å². The Morgan fingerprint density at radius 3 is 2.39 bits per heavy atom. The maximum atomic E-state index is 12.7. The standard InChI is InChI=1S/C22H23N3O5S/c1-4-30-21(27)16-5-9-17(10-6-16)24-20(26)14-31(28)22-23-13-19(25(22)2)15-7-11-18(29-3)12-8-15/h5-13H,4,14H2,1-3H3,(H,24,26). The van der Waals surface area contributed by atoms with Gasteiger partial charge in [-0.05, 0) is 55.5 Å². The minimum atomic E-state index is -1.63. The number of carbonyl (C=O) groups excluding carboxylic acids is 2. The van der Waals surface area contributed by atoms with E-state index in [1.807, 2.05) is 24.3 Å². The van der Waals surface area contributed by atoms with Crippen molar-refractivity contribution in [2.75, 3.05) is 24.8 Å². The van der Waals surface area contributed by atoms with Crippen molar-refractivity contribution in [1.29, 1.82) is 0 Å². The molecule has 3 rings (SSSR count). The van der Waals surface area contributed by atoms with Gasteiger partial charge in [-0.3, -0.25) is 9.00 Å². The molecular weight excluding hydrogens is 418 g/mol. The van der Waals surface area contributed by atoms with Crippen molar-refractivity contribution < 1.29 is 23.3 Å². The second kappa shape index (κ2) is 10.0. The average Bonchev–Trinajstić information content (AvgIpc) is 3.15. The van der Waals surface area contributed by atoms with Gasteiger partial charge in [-0.15, -0.1) is 0 Å². The van der Waals surface area contributed by atoms with E-state index in [1.54, 1.807) is 56.1 Å². The summed E-state index contributed by atoms with van der Waals surface area (Å²) < 4.78 is 24.5. The lowest BCUT2D eigenvalue weighted by molar-refractivity contribution is -0.113. The Balaban J connectivity index is 1.64. The van der Waals surface area contributed by atoms with Crippen LogP contribution in [0.15, 0.2) is 59.9 Å². The smallest absolute Gasteiger partial charge is 0.338 e.